The number of alkyl halides is 4. The van der Waals surface area contributed by atoms with E-state index in [1.165, 1.54) is 4.90 Å². The van der Waals surface area contributed by atoms with Crippen LogP contribution in [0.15, 0.2) is 18.2 Å². The Labute approximate surface area is 108 Å². The quantitative estimate of drug-likeness (QED) is 0.738. The van der Waals surface area contributed by atoms with Gasteiger partial charge >= 0.3 is 6.18 Å². The van der Waals surface area contributed by atoms with E-state index in [1.54, 1.807) is 25.2 Å². The summed E-state index contributed by atoms with van der Waals surface area (Å²) in [6, 6.07) is 5.07. The summed E-state index contributed by atoms with van der Waals surface area (Å²) in [5.41, 5.74) is 1.29. The van der Waals surface area contributed by atoms with Crippen molar-refractivity contribution in [1.29, 1.82) is 0 Å². The Bertz CT molecular complexity index is 379. The third kappa shape index (κ3) is 4.28. The van der Waals surface area contributed by atoms with E-state index in [1.807, 2.05) is 0 Å². The van der Waals surface area contributed by atoms with Crippen LogP contribution in [0.1, 0.15) is 12.0 Å². The minimum atomic E-state index is -4.16. The Morgan fingerprint density at radius 3 is 2.47 bits per heavy atom. The first-order valence-electron chi connectivity index (χ1n) is 4.96. The van der Waals surface area contributed by atoms with Crippen LogP contribution in [0, 0.1) is 0 Å². The second-order valence-corrected chi connectivity index (χ2v) is 4.33. The van der Waals surface area contributed by atoms with Crippen LogP contribution < -0.4 is 4.90 Å². The minimum Gasteiger partial charge on any atom is -0.374 e. The van der Waals surface area contributed by atoms with Crippen LogP contribution >= 0.6 is 23.2 Å². The summed E-state index contributed by atoms with van der Waals surface area (Å²) in [7, 11) is 1.59. The highest BCUT2D eigenvalue weighted by atomic mass is 35.5. The van der Waals surface area contributed by atoms with Crippen molar-refractivity contribution in [3.8, 4) is 0 Å². The van der Waals surface area contributed by atoms with Crippen molar-refractivity contribution in [2.24, 2.45) is 0 Å². The molecule has 6 heteroatoms. The molecule has 1 aromatic carbocycles. The lowest BCUT2D eigenvalue weighted by Crippen LogP contribution is -2.24. The highest BCUT2D eigenvalue weighted by Gasteiger charge is 2.27. The highest BCUT2D eigenvalue weighted by Crippen LogP contribution is 2.29. The number of rotatable bonds is 4. The van der Waals surface area contributed by atoms with Crippen molar-refractivity contribution in [3.63, 3.8) is 0 Å². The van der Waals surface area contributed by atoms with E-state index < -0.39 is 12.6 Å². The van der Waals surface area contributed by atoms with Gasteiger partial charge in [-0.05, 0) is 12.1 Å². The third-order valence-electron chi connectivity index (χ3n) is 2.37. The number of hydrogen-bond acceptors (Lipinski definition) is 1. The molecule has 1 nitrogen and oxygen atoms in total. The predicted octanol–water partition coefficient (Wildman–Crippen LogP) is 4.47. The molecule has 0 atom stereocenters. The Hall–Kier alpha value is -0.610. The van der Waals surface area contributed by atoms with E-state index >= 15 is 0 Å². The molecule has 0 heterocycles. The molecule has 17 heavy (non-hydrogen) atoms. The van der Waals surface area contributed by atoms with Gasteiger partial charge in [0.15, 0.2) is 0 Å². The molecule has 0 bridgehead atoms. The van der Waals surface area contributed by atoms with Crippen LogP contribution in [0.25, 0.3) is 0 Å². The first-order chi connectivity index (χ1) is 7.85. The van der Waals surface area contributed by atoms with E-state index in [9.17, 15) is 13.2 Å². The van der Waals surface area contributed by atoms with Crippen LogP contribution in [0.2, 0.25) is 5.02 Å². The molecule has 0 fully saturated rings. The molecule has 0 N–H and O–H groups in total. The van der Waals surface area contributed by atoms with Crippen molar-refractivity contribution in [3.05, 3.63) is 28.8 Å². The first kappa shape index (κ1) is 14.5. The molecule has 0 radical (unpaired) electrons. The first-order valence-corrected chi connectivity index (χ1v) is 5.87. The molecule has 1 aromatic rings. The zero-order chi connectivity index (χ0) is 13.1. The molecule has 0 saturated heterocycles. The summed E-state index contributed by atoms with van der Waals surface area (Å²) in [4.78, 5) is 1.51. The third-order valence-corrected chi connectivity index (χ3v) is 2.99. The average Bonchev–Trinajstić information content (AvgIpc) is 2.24. The molecule has 1 rings (SSSR count). The minimum absolute atomic E-state index is 0.117. The van der Waals surface area contributed by atoms with Gasteiger partial charge in [0.25, 0.3) is 0 Å². The summed E-state index contributed by atoms with van der Waals surface area (Å²) in [6.45, 7) is -0.117. The van der Waals surface area contributed by atoms with E-state index in [-0.39, 0.29) is 12.4 Å². The summed E-state index contributed by atoms with van der Waals surface area (Å²) in [6.07, 6.45) is -5.02. The lowest BCUT2D eigenvalue weighted by Gasteiger charge is -2.23. The fraction of sp³-hybridized carbons (Fsp3) is 0.455. The summed E-state index contributed by atoms with van der Waals surface area (Å²) in [5, 5.41) is 0.469. The van der Waals surface area contributed by atoms with Gasteiger partial charge in [-0.15, -0.1) is 11.6 Å². The summed E-state index contributed by atoms with van der Waals surface area (Å²) < 4.78 is 36.3. The van der Waals surface area contributed by atoms with Crippen LogP contribution in [0.4, 0.5) is 18.9 Å². The number of hydrogen-bond donors (Lipinski definition) is 0. The summed E-state index contributed by atoms with van der Waals surface area (Å²) in [5.74, 6) is 0.172. The fourth-order valence-corrected chi connectivity index (χ4v) is 2.04. The van der Waals surface area contributed by atoms with Gasteiger partial charge in [-0.2, -0.15) is 13.2 Å². The van der Waals surface area contributed by atoms with E-state index in [2.05, 4.69) is 0 Å². The van der Waals surface area contributed by atoms with Gasteiger partial charge in [0.2, 0.25) is 0 Å². The van der Waals surface area contributed by atoms with Gasteiger partial charge < -0.3 is 4.90 Å². The Morgan fingerprint density at radius 2 is 1.94 bits per heavy atom. The Kier molecular flexibility index (Phi) is 4.95. The predicted molar refractivity (Wildman–Crippen MR) is 65.0 cm³/mol. The van der Waals surface area contributed by atoms with Crippen molar-refractivity contribution >= 4 is 28.9 Å². The molecule has 0 aliphatic rings. The van der Waals surface area contributed by atoms with Crippen LogP contribution in [0.3, 0.4) is 0 Å². The van der Waals surface area contributed by atoms with Gasteiger partial charge in [-0.1, -0.05) is 17.7 Å². The molecule has 0 spiro atoms. The number of nitrogens with zero attached hydrogens (tertiary/aromatic N) is 1. The standard InChI is InChI=1S/C11H12Cl2F3N/c1-17(6-5-11(14,15)16)10-4-2-3-9(13)8(10)7-12/h2-4H,5-7H2,1H3. The van der Waals surface area contributed by atoms with Crippen molar-refractivity contribution < 1.29 is 13.2 Å². The highest BCUT2D eigenvalue weighted by molar-refractivity contribution is 6.32. The molecule has 0 aliphatic heterocycles. The Morgan fingerprint density at radius 1 is 1.29 bits per heavy atom. The molecule has 0 amide bonds. The number of anilines is 1. The van der Waals surface area contributed by atoms with Crippen molar-refractivity contribution in [1.82, 2.24) is 0 Å². The second kappa shape index (κ2) is 5.83. The smallest absolute Gasteiger partial charge is 0.374 e. The molecular weight excluding hydrogens is 274 g/mol. The fourth-order valence-electron chi connectivity index (χ4n) is 1.45. The molecule has 0 aromatic heterocycles. The van der Waals surface area contributed by atoms with Crippen molar-refractivity contribution in [2.45, 2.75) is 18.5 Å². The summed E-state index contributed by atoms with van der Waals surface area (Å²) >= 11 is 11.7. The van der Waals surface area contributed by atoms with Crippen molar-refractivity contribution in [2.75, 3.05) is 18.5 Å². The van der Waals surface area contributed by atoms with Gasteiger partial charge in [-0.25, -0.2) is 0 Å². The van der Waals surface area contributed by atoms with E-state index in [0.29, 0.717) is 16.3 Å². The van der Waals surface area contributed by atoms with Gasteiger partial charge in [-0.3, -0.25) is 0 Å². The van der Waals surface area contributed by atoms with Crippen LogP contribution in [-0.2, 0) is 5.88 Å². The van der Waals surface area contributed by atoms with Gasteiger partial charge in [0.05, 0.1) is 12.3 Å². The maximum atomic E-state index is 12.1. The SMILES string of the molecule is CN(CCC(F)(F)F)c1cccc(Cl)c1CCl. The monoisotopic (exact) mass is 285 g/mol. The molecular formula is C11H12Cl2F3N. The van der Waals surface area contributed by atoms with Gasteiger partial charge in [0.1, 0.15) is 0 Å². The number of halogens is 5. The number of benzene rings is 1. The van der Waals surface area contributed by atoms with E-state index in [4.69, 9.17) is 23.2 Å². The lowest BCUT2D eigenvalue weighted by molar-refractivity contribution is -0.132. The van der Waals surface area contributed by atoms with E-state index in [0.717, 1.165) is 0 Å². The van der Waals surface area contributed by atoms with Crippen LogP contribution in [0.5, 0.6) is 0 Å². The second-order valence-electron chi connectivity index (χ2n) is 3.66. The Balaban J connectivity index is 2.82. The molecule has 0 saturated carbocycles. The molecule has 96 valence electrons. The zero-order valence-electron chi connectivity index (χ0n) is 9.19. The lowest BCUT2D eigenvalue weighted by atomic mass is 10.2. The molecule has 0 aliphatic carbocycles. The normalized spacial score (nSPS) is 11.6. The maximum absolute atomic E-state index is 12.1. The van der Waals surface area contributed by atoms with Gasteiger partial charge in [0, 0.05) is 29.9 Å². The molecule has 0 unspecified atom stereocenters. The average molecular weight is 286 g/mol. The zero-order valence-corrected chi connectivity index (χ0v) is 10.7. The topological polar surface area (TPSA) is 3.24 Å². The maximum Gasteiger partial charge on any atom is 0.390 e. The largest absolute Gasteiger partial charge is 0.390 e. The van der Waals surface area contributed by atoms with Crippen LogP contribution in [-0.4, -0.2) is 19.8 Å².